The minimum absolute atomic E-state index is 0.106. The van der Waals surface area contributed by atoms with Gasteiger partial charge in [-0.1, -0.05) is 43.2 Å². The van der Waals surface area contributed by atoms with Crippen molar-refractivity contribution in [2.75, 3.05) is 13.1 Å². The highest BCUT2D eigenvalue weighted by atomic mass is 16.2. The summed E-state index contributed by atoms with van der Waals surface area (Å²) in [6.07, 6.45) is 6.13. The molecule has 1 aliphatic rings. The van der Waals surface area contributed by atoms with Crippen LogP contribution in [0, 0.1) is 6.92 Å². The lowest BCUT2D eigenvalue weighted by Gasteiger charge is -2.19. The number of amides is 2. The van der Waals surface area contributed by atoms with Crippen LogP contribution in [0.2, 0.25) is 0 Å². The van der Waals surface area contributed by atoms with E-state index in [1.807, 2.05) is 54.3 Å². The Balaban J connectivity index is 1.60. The van der Waals surface area contributed by atoms with Gasteiger partial charge < -0.3 is 10.2 Å². The number of rotatable bonds is 4. The second-order valence-electron chi connectivity index (χ2n) is 7.56. The Hall–Kier alpha value is -3.15. The summed E-state index contributed by atoms with van der Waals surface area (Å²) < 4.78 is 1.73. The Bertz CT molecular complexity index is 1030. The molecule has 1 fully saturated rings. The van der Waals surface area contributed by atoms with E-state index in [1.54, 1.807) is 10.6 Å². The summed E-state index contributed by atoms with van der Waals surface area (Å²) in [4.78, 5) is 32.4. The van der Waals surface area contributed by atoms with Crippen LogP contribution in [0.15, 0.2) is 48.7 Å². The molecule has 0 radical (unpaired) electrons. The molecule has 1 aliphatic heterocycles. The number of nitrogens with one attached hydrogen (secondary N) is 1. The molecule has 1 N–H and O–H groups in total. The molecule has 3 aromatic rings. The highest BCUT2D eigenvalue weighted by molar-refractivity contribution is 6.02. The summed E-state index contributed by atoms with van der Waals surface area (Å²) >= 11 is 0. The highest BCUT2D eigenvalue weighted by Crippen LogP contribution is 2.18. The molecule has 1 saturated heterocycles. The van der Waals surface area contributed by atoms with Crippen molar-refractivity contribution in [2.45, 2.75) is 39.2 Å². The number of aryl methyl sites for hydroxylation is 1. The van der Waals surface area contributed by atoms with Gasteiger partial charge in [-0.3, -0.25) is 14.0 Å². The predicted molar refractivity (Wildman–Crippen MR) is 112 cm³/mol. The lowest BCUT2D eigenvalue weighted by molar-refractivity contribution is 0.0748. The van der Waals surface area contributed by atoms with Crippen molar-refractivity contribution in [3.63, 3.8) is 0 Å². The largest absolute Gasteiger partial charge is 0.347 e. The van der Waals surface area contributed by atoms with Crippen molar-refractivity contribution in [3.8, 4) is 0 Å². The van der Waals surface area contributed by atoms with Crippen LogP contribution in [0.1, 0.15) is 57.9 Å². The molecular formula is C23H26N4O2. The second kappa shape index (κ2) is 8.47. The minimum atomic E-state index is -0.271. The summed E-state index contributed by atoms with van der Waals surface area (Å²) in [7, 11) is 0. The molecule has 2 amide bonds. The number of carbonyl (C=O) groups is 2. The lowest BCUT2D eigenvalue weighted by atomic mass is 10.1. The summed E-state index contributed by atoms with van der Waals surface area (Å²) in [5, 5.41) is 2.95. The fourth-order valence-electron chi connectivity index (χ4n) is 3.84. The maximum absolute atomic E-state index is 13.1. The molecule has 0 bridgehead atoms. The Labute approximate surface area is 170 Å². The van der Waals surface area contributed by atoms with Crippen LogP contribution in [0.3, 0.4) is 0 Å². The number of nitrogens with zero attached hydrogens (tertiary/aromatic N) is 3. The van der Waals surface area contributed by atoms with Crippen molar-refractivity contribution in [3.05, 3.63) is 71.3 Å². The maximum atomic E-state index is 13.1. The maximum Gasteiger partial charge on any atom is 0.290 e. The van der Waals surface area contributed by atoms with Gasteiger partial charge in [0.15, 0.2) is 5.69 Å². The normalized spacial score (nSPS) is 14.6. The first-order valence-electron chi connectivity index (χ1n) is 10.2. The van der Waals surface area contributed by atoms with E-state index in [0.29, 0.717) is 17.9 Å². The van der Waals surface area contributed by atoms with Gasteiger partial charge in [0.1, 0.15) is 0 Å². The predicted octanol–water partition coefficient (Wildman–Crippen LogP) is 3.59. The van der Waals surface area contributed by atoms with E-state index < -0.39 is 0 Å². The van der Waals surface area contributed by atoms with E-state index in [4.69, 9.17) is 0 Å². The molecule has 6 nitrogen and oxygen atoms in total. The molecule has 0 aliphatic carbocycles. The van der Waals surface area contributed by atoms with Crippen LogP contribution < -0.4 is 5.32 Å². The molecule has 29 heavy (non-hydrogen) atoms. The quantitative estimate of drug-likeness (QED) is 0.740. The topological polar surface area (TPSA) is 66.7 Å². The average Bonchev–Trinajstić information content (AvgIpc) is 2.92. The van der Waals surface area contributed by atoms with Crippen LogP contribution in [-0.4, -0.2) is 39.2 Å². The van der Waals surface area contributed by atoms with Crippen molar-refractivity contribution >= 4 is 17.3 Å². The van der Waals surface area contributed by atoms with E-state index in [-0.39, 0.29) is 17.5 Å². The van der Waals surface area contributed by atoms with Gasteiger partial charge in [0.2, 0.25) is 5.82 Å². The molecule has 3 heterocycles. The monoisotopic (exact) mass is 390 g/mol. The number of aromatic nitrogens is 2. The molecule has 0 atom stereocenters. The first kappa shape index (κ1) is 19.2. The molecule has 4 rings (SSSR count). The van der Waals surface area contributed by atoms with Crippen LogP contribution in [0.25, 0.3) is 5.52 Å². The molecule has 0 spiro atoms. The zero-order valence-corrected chi connectivity index (χ0v) is 16.7. The smallest absolute Gasteiger partial charge is 0.290 e. The number of fused-ring (bicyclic) bond motifs is 1. The fraction of sp³-hybridized carbons (Fsp3) is 0.348. The number of benzene rings is 1. The van der Waals surface area contributed by atoms with E-state index in [0.717, 1.165) is 49.9 Å². The third-order valence-corrected chi connectivity index (χ3v) is 5.55. The summed E-state index contributed by atoms with van der Waals surface area (Å²) in [6, 6.07) is 13.5. The van der Waals surface area contributed by atoms with E-state index in [9.17, 15) is 9.59 Å². The third kappa shape index (κ3) is 4.01. The zero-order chi connectivity index (χ0) is 20.2. The van der Waals surface area contributed by atoms with E-state index in [2.05, 4.69) is 10.3 Å². The van der Waals surface area contributed by atoms with Crippen molar-refractivity contribution in [2.24, 2.45) is 0 Å². The highest BCUT2D eigenvalue weighted by Gasteiger charge is 2.25. The van der Waals surface area contributed by atoms with Crippen LogP contribution in [0.5, 0.6) is 0 Å². The number of imidazole rings is 1. The first-order chi connectivity index (χ1) is 14.1. The first-order valence-corrected chi connectivity index (χ1v) is 10.2. The lowest BCUT2D eigenvalue weighted by Crippen LogP contribution is -2.33. The van der Waals surface area contributed by atoms with Gasteiger partial charge in [-0.05, 0) is 43.0 Å². The van der Waals surface area contributed by atoms with Gasteiger partial charge in [0, 0.05) is 25.8 Å². The summed E-state index contributed by atoms with van der Waals surface area (Å²) in [5.74, 6) is -0.0681. The molecule has 2 aromatic heterocycles. The molecule has 6 heteroatoms. The van der Waals surface area contributed by atoms with Crippen LogP contribution in [-0.2, 0) is 6.54 Å². The van der Waals surface area contributed by atoms with Gasteiger partial charge in [0.25, 0.3) is 11.8 Å². The average molecular weight is 390 g/mol. The van der Waals surface area contributed by atoms with Crippen molar-refractivity contribution in [1.82, 2.24) is 19.6 Å². The van der Waals surface area contributed by atoms with Gasteiger partial charge in [-0.2, -0.15) is 0 Å². The van der Waals surface area contributed by atoms with Gasteiger partial charge in [0.05, 0.1) is 5.52 Å². The van der Waals surface area contributed by atoms with Gasteiger partial charge >= 0.3 is 0 Å². The number of hydrogen-bond donors (Lipinski definition) is 1. The number of pyridine rings is 1. The number of hydrogen-bond acceptors (Lipinski definition) is 3. The SMILES string of the molecule is Cc1ccccc1CNC(=O)c1nc(C(=O)N2CCCCCC2)n2ccccc12. The fourth-order valence-corrected chi connectivity index (χ4v) is 3.84. The van der Waals surface area contributed by atoms with Gasteiger partial charge in [-0.15, -0.1) is 0 Å². The van der Waals surface area contributed by atoms with E-state index in [1.165, 1.54) is 0 Å². The standard InChI is InChI=1S/C23H26N4O2/c1-17-10-4-5-11-18(17)16-24-22(28)20-19-12-6-9-15-27(19)21(25-20)23(29)26-13-7-2-3-8-14-26/h4-6,9-12,15H,2-3,7-8,13-14,16H2,1H3,(H,24,28). The van der Waals surface area contributed by atoms with Crippen molar-refractivity contribution < 1.29 is 9.59 Å². The molecule has 0 unspecified atom stereocenters. The number of carbonyl (C=O) groups excluding carboxylic acids is 2. The van der Waals surface area contributed by atoms with Crippen molar-refractivity contribution in [1.29, 1.82) is 0 Å². The summed E-state index contributed by atoms with van der Waals surface area (Å²) in [6.45, 7) is 3.93. The minimum Gasteiger partial charge on any atom is -0.347 e. The Morgan fingerprint density at radius 1 is 1.00 bits per heavy atom. The molecule has 150 valence electrons. The molecular weight excluding hydrogens is 364 g/mol. The Morgan fingerprint density at radius 2 is 1.72 bits per heavy atom. The Morgan fingerprint density at radius 3 is 2.48 bits per heavy atom. The zero-order valence-electron chi connectivity index (χ0n) is 16.7. The molecule has 0 saturated carbocycles. The number of likely N-dealkylation sites (tertiary alicyclic amines) is 1. The van der Waals surface area contributed by atoms with Gasteiger partial charge in [-0.25, -0.2) is 4.98 Å². The molecule has 1 aromatic carbocycles. The van der Waals surface area contributed by atoms with Crippen LogP contribution in [0.4, 0.5) is 0 Å². The van der Waals surface area contributed by atoms with E-state index >= 15 is 0 Å². The third-order valence-electron chi connectivity index (χ3n) is 5.55. The second-order valence-corrected chi connectivity index (χ2v) is 7.56. The van der Waals surface area contributed by atoms with Crippen LogP contribution >= 0.6 is 0 Å². The summed E-state index contributed by atoms with van der Waals surface area (Å²) in [5.41, 5.74) is 3.12. The Kier molecular flexibility index (Phi) is 5.60.